The Morgan fingerprint density at radius 3 is 2.85 bits per heavy atom. The third-order valence-electron chi connectivity index (χ3n) is 2.24. The highest BCUT2D eigenvalue weighted by Gasteiger charge is 2.01. The van der Waals surface area contributed by atoms with Crippen molar-refractivity contribution >= 4 is 5.78 Å². The molecule has 0 bridgehead atoms. The maximum Gasteiger partial charge on any atom is 0.132 e. The lowest BCUT2D eigenvalue weighted by Gasteiger charge is -2.03. The molecule has 0 amide bonds. The Morgan fingerprint density at radius 2 is 1.92 bits per heavy atom. The van der Waals surface area contributed by atoms with E-state index < -0.39 is 0 Å². The number of rotatable bonds is 0. The molecule has 0 unspecified atom stereocenters. The third kappa shape index (κ3) is 5.45. The summed E-state index contributed by atoms with van der Waals surface area (Å²) in [6.07, 6.45) is 10.4. The molecule has 0 radical (unpaired) electrons. The quantitative estimate of drug-likeness (QED) is 0.576. The fourth-order valence-corrected chi connectivity index (χ4v) is 1.43. The van der Waals surface area contributed by atoms with Crippen molar-refractivity contribution in [3.05, 3.63) is 12.3 Å². The van der Waals surface area contributed by atoms with Gasteiger partial charge in [0.05, 0.1) is 12.9 Å². The van der Waals surface area contributed by atoms with E-state index in [4.69, 9.17) is 4.74 Å². The molecule has 1 aliphatic rings. The zero-order valence-corrected chi connectivity index (χ0v) is 8.13. The van der Waals surface area contributed by atoms with E-state index in [0.717, 1.165) is 51.6 Å². The van der Waals surface area contributed by atoms with E-state index in [2.05, 4.69) is 0 Å². The highest BCUT2D eigenvalue weighted by atomic mass is 16.5. The van der Waals surface area contributed by atoms with Crippen molar-refractivity contribution in [1.82, 2.24) is 0 Å². The smallest absolute Gasteiger partial charge is 0.132 e. The molecule has 0 spiro atoms. The molecule has 1 rings (SSSR count). The van der Waals surface area contributed by atoms with Gasteiger partial charge in [0, 0.05) is 12.8 Å². The second-order valence-corrected chi connectivity index (χ2v) is 3.48. The molecule has 0 N–H and O–H groups in total. The van der Waals surface area contributed by atoms with Gasteiger partial charge in [-0.3, -0.25) is 4.79 Å². The lowest BCUT2D eigenvalue weighted by molar-refractivity contribution is -0.119. The summed E-state index contributed by atoms with van der Waals surface area (Å²) in [6.45, 7) is 0.796. The van der Waals surface area contributed by atoms with Gasteiger partial charge in [-0.1, -0.05) is 0 Å². The Balaban J connectivity index is 2.24. The zero-order chi connectivity index (χ0) is 9.36. The van der Waals surface area contributed by atoms with Crippen molar-refractivity contribution in [3.63, 3.8) is 0 Å². The molecule has 0 aliphatic carbocycles. The number of hydrogen-bond donors (Lipinski definition) is 0. The molecule has 74 valence electrons. The van der Waals surface area contributed by atoms with Crippen LogP contribution in [0.15, 0.2) is 12.3 Å². The molecule has 0 saturated carbocycles. The number of ketones is 1. The van der Waals surface area contributed by atoms with Crippen molar-refractivity contribution < 1.29 is 9.53 Å². The Hall–Kier alpha value is -0.790. The van der Waals surface area contributed by atoms with Gasteiger partial charge in [-0.2, -0.15) is 0 Å². The van der Waals surface area contributed by atoms with Crippen LogP contribution in [0.5, 0.6) is 0 Å². The van der Waals surface area contributed by atoms with Crippen molar-refractivity contribution in [2.75, 3.05) is 6.61 Å². The summed E-state index contributed by atoms with van der Waals surface area (Å²) >= 11 is 0. The van der Waals surface area contributed by atoms with Crippen LogP contribution >= 0.6 is 0 Å². The minimum Gasteiger partial charge on any atom is -0.502 e. The number of allylic oxidation sites excluding steroid dienone is 1. The third-order valence-corrected chi connectivity index (χ3v) is 2.24. The number of ether oxygens (including phenoxy) is 1. The first-order valence-corrected chi connectivity index (χ1v) is 5.18. The maximum absolute atomic E-state index is 11.2. The summed E-state index contributed by atoms with van der Waals surface area (Å²) in [4.78, 5) is 11.2. The van der Waals surface area contributed by atoms with Crippen LogP contribution in [-0.2, 0) is 9.53 Å². The molecule has 13 heavy (non-hydrogen) atoms. The van der Waals surface area contributed by atoms with Gasteiger partial charge in [-0.15, -0.1) is 0 Å². The van der Waals surface area contributed by atoms with Gasteiger partial charge in [0.25, 0.3) is 0 Å². The molecule has 0 fully saturated rings. The average Bonchev–Trinajstić information content (AvgIpc) is 2.11. The summed E-state index contributed by atoms with van der Waals surface area (Å²) in [5.41, 5.74) is 0. The van der Waals surface area contributed by atoms with Gasteiger partial charge in [0.2, 0.25) is 0 Å². The minimum atomic E-state index is 0.426. The largest absolute Gasteiger partial charge is 0.502 e. The molecule has 0 atom stereocenters. The Kier molecular flexibility index (Phi) is 5.30. The van der Waals surface area contributed by atoms with Gasteiger partial charge in [0.1, 0.15) is 5.78 Å². The molecule has 2 heteroatoms. The van der Waals surface area contributed by atoms with Crippen LogP contribution in [0.1, 0.15) is 44.9 Å². The molecular weight excluding hydrogens is 164 g/mol. The van der Waals surface area contributed by atoms with Gasteiger partial charge in [0.15, 0.2) is 0 Å². The maximum atomic E-state index is 11.2. The minimum absolute atomic E-state index is 0.426. The van der Waals surface area contributed by atoms with Crippen LogP contribution in [0.4, 0.5) is 0 Å². The van der Waals surface area contributed by atoms with Gasteiger partial charge in [-0.25, -0.2) is 0 Å². The first kappa shape index (κ1) is 10.3. The van der Waals surface area contributed by atoms with Gasteiger partial charge in [-0.05, 0) is 38.2 Å². The first-order valence-electron chi connectivity index (χ1n) is 5.18. The Morgan fingerprint density at radius 1 is 1.08 bits per heavy atom. The van der Waals surface area contributed by atoms with Crippen LogP contribution in [0.25, 0.3) is 0 Å². The zero-order valence-electron chi connectivity index (χ0n) is 8.13. The molecule has 0 aromatic rings. The van der Waals surface area contributed by atoms with Crippen molar-refractivity contribution in [1.29, 1.82) is 0 Å². The average molecular weight is 182 g/mol. The van der Waals surface area contributed by atoms with Crippen LogP contribution < -0.4 is 0 Å². The van der Waals surface area contributed by atoms with Crippen LogP contribution in [0.3, 0.4) is 0 Å². The first-order chi connectivity index (χ1) is 6.39. The van der Waals surface area contributed by atoms with Crippen LogP contribution in [0, 0.1) is 0 Å². The van der Waals surface area contributed by atoms with E-state index in [1.54, 1.807) is 6.26 Å². The molecule has 1 aliphatic heterocycles. The Bertz CT molecular complexity index is 173. The molecule has 0 aromatic heterocycles. The summed E-state index contributed by atoms with van der Waals surface area (Å²) in [5.74, 6) is 0.426. The number of hydrogen-bond acceptors (Lipinski definition) is 2. The molecule has 0 aromatic carbocycles. The number of Topliss-reactive ketones (excluding diaryl/α,β-unsaturated/α-hetero) is 1. The Labute approximate surface area is 80.0 Å². The molecular formula is C11H18O2. The predicted octanol–water partition coefficient (Wildman–Crippen LogP) is 2.83. The van der Waals surface area contributed by atoms with E-state index in [1.165, 1.54) is 0 Å². The van der Waals surface area contributed by atoms with E-state index in [9.17, 15) is 4.79 Å². The second-order valence-electron chi connectivity index (χ2n) is 3.48. The van der Waals surface area contributed by atoms with Crippen molar-refractivity contribution in [2.24, 2.45) is 0 Å². The van der Waals surface area contributed by atoms with Crippen LogP contribution in [-0.4, -0.2) is 12.4 Å². The summed E-state index contributed by atoms with van der Waals surface area (Å²) < 4.78 is 5.27. The second kappa shape index (κ2) is 6.70. The summed E-state index contributed by atoms with van der Waals surface area (Å²) in [5, 5.41) is 0. The normalized spacial score (nSPS) is 23.8. The predicted molar refractivity (Wildman–Crippen MR) is 52.4 cm³/mol. The van der Waals surface area contributed by atoms with Gasteiger partial charge >= 0.3 is 0 Å². The van der Waals surface area contributed by atoms with Crippen LogP contribution in [0.2, 0.25) is 0 Å². The molecule has 0 saturated heterocycles. The standard InChI is InChI=1S/C11H18O2/c12-11-7-3-1-5-9-13-10-6-2-4-8-11/h5,9H,1-4,6-8,10H2/b9-5-. The lowest BCUT2D eigenvalue weighted by atomic mass is 10.1. The fourth-order valence-electron chi connectivity index (χ4n) is 1.43. The highest BCUT2D eigenvalue weighted by molar-refractivity contribution is 5.78. The van der Waals surface area contributed by atoms with E-state index in [0.29, 0.717) is 5.78 Å². The topological polar surface area (TPSA) is 26.3 Å². The SMILES string of the molecule is O=C1CCC/C=C\OCCCCC1. The lowest BCUT2D eigenvalue weighted by Crippen LogP contribution is -1.98. The van der Waals surface area contributed by atoms with Crippen molar-refractivity contribution in [2.45, 2.75) is 44.9 Å². The summed E-state index contributed by atoms with van der Waals surface area (Å²) in [7, 11) is 0. The number of carbonyl (C=O) groups is 1. The van der Waals surface area contributed by atoms with Crippen molar-refractivity contribution in [3.8, 4) is 0 Å². The van der Waals surface area contributed by atoms with Gasteiger partial charge < -0.3 is 4.74 Å². The molecule has 2 nitrogen and oxygen atoms in total. The van der Waals surface area contributed by atoms with E-state index >= 15 is 0 Å². The fraction of sp³-hybridized carbons (Fsp3) is 0.727. The monoisotopic (exact) mass is 182 g/mol. The highest BCUT2D eigenvalue weighted by Crippen LogP contribution is 2.07. The van der Waals surface area contributed by atoms with E-state index in [-0.39, 0.29) is 0 Å². The molecule has 1 heterocycles. The van der Waals surface area contributed by atoms with E-state index in [1.807, 2.05) is 6.08 Å². The number of carbonyl (C=O) groups excluding carboxylic acids is 1. The summed E-state index contributed by atoms with van der Waals surface area (Å²) in [6, 6.07) is 0.